The van der Waals surface area contributed by atoms with Crippen molar-refractivity contribution >= 4 is 10.1 Å². The number of unbranched alkanes of at least 4 members (excludes halogenated alkanes) is 11. The molecule has 0 aromatic heterocycles. The van der Waals surface area contributed by atoms with Gasteiger partial charge >= 0.3 is 51.4 Å². The number of aliphatic hydroxyl groups is 1. The first-order chi connectivity index (χ1) is 11.4. The first kappa shape index (κ1) is 28.7. The van der Waals surface area contributed by atoms with Gasteiger partial charge in [0, 0.05) is 5.25 Å². The largest absolute Gasteiger partial charge is 1.00 e. The molecule has 0 saturated carbocycles. The summed E-state index contributed by atoms with van der Waals surface area (Å²) in [5.41, 5.74) is 0. The van der Waals surface area contributed by atoms with Gasteiger partial charge in [-0.15, -0.1) is 0 Å². The van der Waals surface area contributed by atoms with Gasteiger partial charge in [-0.3, -0.25) is 0 Å². The van der Waals surface area contributed by atoms with Crippen LogP contribution in [0, 0.1) is 0 Å². The third-order valence-electron chi connectivity index (χ3n) is 4.79. The molecule has 2 atom stereocenters. The van der Waals surface area contributed by atoms with Gasteiger partial charge in [-0.05, 0) is 26.2 Å². The average Bonchev–Trinajstić information content (AvgIpc) is 2.52. The summed E-state index contributed by atoms with van der Waals surface area (Å²) in [6.45, 7) is 3.66. The van der Waals surface area contributed by atoms with E-state index in [0.29, 0.717) is 12.8 Å². The zero-order chi connectivity index (χ0) is 18.3. The van der Waals surface area contributed by atoms with Gasteiger partial charge in [0.25, 0.3) is 0 Å². The summed E-state index contributed by atoms with van der Waals surface area (Å²) in [5.74, 6) is 0. The smallest absolute Gasteiger partial charge is 0.748 e. The second-order valence-corrected chi connectivity index (χ2v) is 9.00. The van der Waals surface area contributed by atoms with Crippen LogP contribution in [0.15, 0.2) is 0 Å². The van der Waals surface area contributed by atoms with Crippen molar-refractivity contribution in [1.29, 1.82) is 0 Å². The number of hydrogen-bond acceptors (Lipinski definition) is 4. The maximum absolute atomic E-state index is 10.8. The van der Waals surface area contributed by atoms with Crippen molar-refractivity contribution in [1.82, 2.24) is 0 Å². The van der Waals surface area contributed by atoms with E-state index in [1.165, 1.54) is 71.1 Å². The molecule has 0 bridgehead atoms. The van der Waals surface area contributed by atoms with E-state index in [9.17, 15) is 18.1 Å². The van der Waals surface area contributed by atoms with Crippen molar-refractivity contribution < 1.29 is 69.5 Å². The minimum absolute atomic E-state index is 0. The summed E-state index contributed by atoms with van der Waals surface area (Å²) < 4.78 is 32.3. The summed E-state index contributed by atoms with van der Waals surface area (Å²) in [4.78, 5) is 0. The van der Waals surface area contributed by atoms with Crippen molar-refractivity contribution in [2.24, 2.45) is 0 Å². The first-order valence-corrected chi connectivity index (χ1v) is 11.5. The Kier molecular flexibility index (Phi) is 21.7. The van der Waals surface area contributed by atoms with E-state index in [2.05, 4.69) is 6.92 Å². The van der Waals surface area contributed by atoms with Crippen LogP contribution in [-0.4, -0.2) is 29.4 Å². The van der Waals surface area contributed by atoms with E-state index in [1.54, 1.807) is 0 Å². The second kappa shape index (κ2) is 18.9. The van der Waals surface area contributed by atoms with Gasteiger partial charge in [0.1, 0.15) is 0 Å². The van der Waals surface area contributed by atoms with E-state index in [0.717, 1.165) is 12.8 Å². The monoisotopic (exact) mass is 402 g/mol. The molecule has 0 amide bonds. The summed E-state index contributed by atoms with van der Waals surface area (Å²) in [5, 5.41) is 8.93. The maximum Gasteiger partial charge on any atom is 1.00 e. The van der Waals surface area contributed by atoms with Gasteiger partial charge < -0.3 is 9.66 Å². The molecule has 0 aliphatic carbocycles. The van der Waals surface area contributed by atoms with Crippen LogP contribution in [0.2, 0.25) is 0 Å². The predicted octanol–water partition coefficient (Wildman–Crippen LogP) is 2.16. The molecule has 0 radical (unpaired) electrons. The van der Waals surface area contributed by atoms with Gasteiger partial charge in [0.2, 0.25) is 0 Å². The minimum Gasteiger partial charge on any atom is -0.748 e. The van der Waals surface area contributed by atoms with Crippen LogP contribution >= 0.6 is 0 Å². The summed E-state index contributed by atoms with van der Waals surface area (Å²) in [6, 6.07) is 0. The zero-order valence-electron chi connectivity index (χ0n) is 16.8. The molecule has 2 unspecified atom stereocenters. The van der Waals surface area contributed by atoms with Gasteiger partial charge in [-0.2, -0.15) is 0 Å². The Morgan fingerprint density at radius 1 is 0.760 bits per heavy atom. The van der Waals surface area contributed by atoms with Crippen molar-refractivity contribution in [2.75, 3.05) is 0 Å². The predicted molar refractivity (Wildman–Crippen MR) is 100 cm³/mol. The van der Waals surface area contributed by atoms with Crippen LogP contribution in [0.3, 0.4) is 0 Å². The Bertz CT molecular complexity index is 374. The third kappa shape index (κ3) is 20.1. The average molecular weight is 403 g/mol. The number of hydrogen-bond donors (Lipinski definition) is 1. The normalized spacial score (nSPS) is 14.1. The molecule has 0 spiro atoms. The van der Waals surface area contributed by atoms with Crippen LogP contribution in [0.1, 0.15) is 110 Å². The quantitative estimate of drug-likeness (QED) is 0.230. The van der Waals surface area contributed by atoms with Gasteiger partial charge in [0.05, 0.1) is 16.2 Å². The molecule has 25 heavy (non-hydrogen) atoms. The number of aliphatic hydroxyl groups excluding tert-OH is 1. The minimum atomic E-state index is -4.21. The van der Waals surface area contributed by atoms with E-state index in [1.807, 2.05) is 0 Å². The fourth-order valence-corrected chi connectivity index (χ4v) is 3.36. The molecule has 1 N–H and O–H groups in total. The van der Waals surface area contributed by atoms with Crippen LogP contribution < -0.4 is 51.4 Å². The second-order valence-electron chi connectivity index (χ2n) is 7.21. The SMILES string of the molecule is CCCCCCCCCCCCCCC(O)CCC(C)S(=O)(=O)[O-].[K+]. The van der Waals surface area contributed by atoms with Crippen molar-refractivity contribution in [2.45, 2.75) is 122 Å². The Labute approximate surface area is 199 Å². The van der Waals surface area contributed by atoms with Crippen LogP contribution in [0.4, 0.5) is 0 Å². The first-order valence-electron chi connectivity index (χ1n) is 10.0. The summed E-state index contributed by atoms with van der Waals surface area (Å²) in [7, 11) is -4.21. The van der Waals surface area contributed by atoms with E-state index in [4.69, 9.17) is 0 Å². The van der Waals surface area contributed by atoms with Crippen molar-refractivity contribution in [3.8, 4) is 0 Å². The molecule has 0 rings (SSSR count). The molecule has 0 saturated heterocycles. The molecule has 146 valence electrons. The topological polar surface area (TPSA) is 77.4 Å². The van der Waals surface area contributed by atoms with Crippen LogP contribution in [0.25, 0.3) is 0 Å². The molecular weight excluding hydrogens is 363 g/mol. The van der Waals surface area contributed by atoms with E-state index in [-0.39, 0.29) is 57.8 Å². The Balaban J connectivity index is 0. The van der Waals surface area contributed by atoms with Gasteiger partial charge in [-0.1, -0.05) is 84.0 Å². The van der Waals surface area contributed by atoms with Crippen LogP contribution in [0.5, 0.6) is 0 Å². The molecule has 0 aliphatic rings. The molecule has 0 aliphatic heterocycles. The molecule has 0 heterocycles. The summed E-state index contributed by atoms with van der Waals surface area (Å²) >= 11 is 0. The van der Waals surface area contributed by atoms with Gasteiger partial charge in [-0.25, -0.2) is 8.42 Å². The Hall–Kier alpha value is 1.51. The van der Waals surface area contributed by atoms with Crippen molar-refractivity contribution in [3.05, 3.63) is 0 Å². The summed E-state index contributed by atoms with van der Waals surface area (Å²) in [6.07, 6.45) is 16.4. The molecule has 0 aromatic rings. The van der Waals surface area contributed by atoms with Gasteiger partial charge in [0.15, 0.2) is 0 Å². The molecule has 4 nitrogen and oxygen atoms in total. The van der Waals surface area contributed by atoms with Crippen molar-refractivity contribution in [3.63, 3.8) is 0 Å². The number of rotatable bonds is 17. The molecule has 0 aromatic carbocycles. The Morgan fingerprint density at radius 3 is 1.56 bits per heavy atom. The fraction of sp³-hybridized carbons (Fsp3) is 1.00. The maximum atomic E-state index is 10.8. The molecular formula is C19H39KO4S. The zero-order valence-corrected chi connectivity index (χ0v) is 20.8. The fourth-order valence-electron chi connectivity index (χ4n) is 2.94. The standard InChI is InChI=1S/C19H40O4S.K/c1-3-4-5-6-7-8-9-10-11-12-13-14-15-19(20)17-16-18(2)24(21,22)23;/h18-20H,3-17H2,1-2H3,(H,21,22,23);/q;+1/p-1. The van der Waals surface area contributed by atoms with E-state index >= 15 is 0 Å². The third-order valence-corrected chi connectivity index (χ3v) is 6.01. The van der Waals surface area contributed by atoms with E-state index < -0.39 is 21.5 Å². The molecule has 6 heteroatoms. The Morgan fingerprint density at radius 2 is 1.16 bits per heavy atom. The molecule has 0 fully saturated rings. The van der Waals surface area contributed by atoms with Crippen LogP contribution in [-0.2, 0) is 10.1 Å².